The number of hydrogen-bond donors (Lipinski definition) is 0. The summed E-state index contributed by atoms with van der Waals surface area (Å²) >= 11 is 13.3. The lowest BCUT2D eigenvalue weighted by Crippen LogP contribution is -2.23. The molecule has 0 atom stereocenters. The largest absolute Gasteiger partial charge is 0.493 e. The van der Waals surface area contributed by atoms with Crippen molar-refractivity contribution >= 4 is 63.8 Å². The quantitative estimate of drug-likeness (QED) is 0.214. The molecule has 0 aromatic heterocycles. The van der Waals surface area contributed by atoms with Crippen molar-refractivity contribution in [2.75, 3.05) is 20.8 Å². The predicted molar refractivity (Wildman–Crippen MR) is 152 cm³/mol. The van der Waals surface area contributed by atoms with E-state index in [9.17, 15) is 9.59 Å². The van der Waals surface area contributed by atoms with E-state index in [0.29, 0.717) is 49.5 Å². The molecule has 1 fully saturated rings. The normalized spacial score (nSPS) is 15.3. The van der Waals surface area contributed by atoms with Crippen LogP contribution in [-0.2, 0) is 16.1 Å². The monoisotopic (exact) mass is 570 g/mol. The van der Waals surface area contributed by atoms with Gasteiger partial charge in [-0.25, -0.2) is 9.79 Å². The van der Waals surface area contributed by atoms with E-state index in [4.69, 9.17) is 37.4 Å². The average Bonchev–Trinajstić information content (AvgIpc) is 3.17. The third kappa shape index (κ3) is 6.51. The van der Waals surface area contributed by atoms with Crippen molar-refractivity contribution in [2.24, 2.45) is 4.99 Å². The zero-order chi connectivity index (χ0) is 27.2. The molecule has 1 heterocycles. The molecule has 0 radical (unpaired) electrons. The van der Waals surface area contributed by atoms with Gasteiger partial charge >= 0.3 is 5.97 Å². The van der Waals surface area contributed by atoms with Crippen LogP contribution in [0.15, 0.2) is 70.6 Å². The summed E-state index contributed by atoms with van der Waals surface area (Å²) in [7, 11) is 3.22. The van der Waals surface area contributed by atoms with Gasteiger partial charge in [0.1, 0.15) is 6.61 Å². The maximum atomic E-state index is 12.9. The Bertz CT molecular complexity index is 1420. The van der Waals surface area contributed by atoms with Crippen LogP contribution >= 0.6 is 35.0 Å². The van der Waals surface area contributed by atoms with Crippen LogP contribution in [0.3, 0.4) is 0 Å². The van der Waals surface area contributed by atoms with E-state index in [2.05, 4.69) is 4.99 Å². The van der Waals surface area contributed by atoms with Gasteiger partial charge in [0, 0.05) is 7.05 Å². The second-order valence-corrected chi connectivity index (χ2v) is 9.91. The molecule has 0 saturated carbocycles. The molecule has 0 spiro atoms. The van der Waals surface area contributed by atoms with E-state index in [-0.39, 0.29) is 18.5 Å². The van der Waals surface area contributed by atoms with E-state index in [1.54, 1.807) is 75.7 Å². The molecular formula is C28H24Cl2N2O5S. The molecule has 1 saturated heterocycles. The smallest absolute Gasteiger partial charge is 0.338 e. The number of halogens is 2. The lowest BCUT2D eigenvalue weighted by molar-refractivity contribution is -0.121. The van der Waals surface area contributed by atoms with Gasteiger partial charge in [0.2, 0.25) is 0 Å². The maximum absolute atomic E-state index is 12.9. The molecule has 0 bridgehead atoms. The Morgan fingerprint density at radius 3 is 2.47 bits per heavy atom. The van der Waals surface area contributed by atoms with Crippen LogP contribution in [0.5, 0.6) is 11.5 Å². The highest BCUT2D eigenvalue weighted by molar-refractivity contribution is 8.18. The van der Waals surface area contributed by atoms with E-state index >= 15 is 0 Å². The number of aliphatic imine (C=N–C) groups is 1. The topological polar surface area (TPSA) is 77.4 Å². The minimum atomic E-state index is -0.388. The Kier molecular flexibility index (Phi) is 8.99. The fraction of sp³-hybridized carbons (Fsp3) is 0.179. The number of ether oxygens (including phenoxy) is 3. The minimum Gasteiger partial charge on any atom is -0.493 e. The number of rotatable bonds is 8. The lowest BCUT2D eigenvalue weighted by Gasteiger charge is -2.12. The van der Waals surface area contributed by atoms with Gasteiger partial charge in [-0.1, -0.05) is 35.3 Å². The van der Waals surface area contributed by atoms with Crippen LogP contribution in [0.25, 0.3) is 6.08 Å². The average molecular weight is 571 g/mol. The lowest BCUT2D eigenvalue weighted by atomic mass is 10.2. The fourth-order valence-corrected chi connectivity index (χ4v) is 4.79. The maximum Gasteiger partial charge on any atom is 0.338 e. The number of carbonyl (C=O) groups excluding carboxylic acids is 2. The Hall–Kier alpha value is -3.46. The highest BCUT2D eigenvalue weighted by atomic mass is 35.5. The summed E-state index contributed by atoms with van der Waals surface area (Å²) in [6.07, 6.45) is 1.78. The van der Waals surface area contributed by atoms with Crippen molar-refractivity contribution in [2.45, 2.75) is 13.5 Å². The molecule has 1 amide bonds. The SMILES string of the molecule is CCOC(=O)c1ccc(N=C2SC(=Cc3ccc(OCc4ccc(Cl)c(Cl)c4)c(OC)c3)C(=O)N2C)cc1. The van der Waals surface area contributed by atoms with Crippen LogP contribution < -0.4 is 9.47 Å². The molecule has 3 aromatic carbocycles. The number of hydrogen-bond acceptors (Lipinski definition) is 7. The summed E-state index contributed by atoms with van der Waals surface area (Å²) < 4.78 is 16.4. The van der Waals surface area contributed by atoms with Gasteiger partial charge in [-0.05, 0) is 84.4 Å². The number of amidine groups is 1. The molecular weight excluding hydrogens is 547 g/mol. The number of likely N-dealkylation sites (N-methyl/N-ethyl adjacent to an activating group) is 1. The number of amides is 1. The third-order valence-electron chi connectivity index (χ3n) is 5.47. The van der Waals surface area contributed by atoms with Crippen molar-refractivity contribution in [1.82, 2.24) is 4.90 Å². The van der Waals surface area contributed by atoms with Gasteiger partial charge in [-0.15, -0.1) is 0 Å². The zero-order valence-electron chi connectivity index (χ0n) is 20.9. The van der Waals surface area contributed by atoms with E-state index in [0.717, 1.165) is 11.1 Å². The first kappa shape index (κ1) is 27.6. The molecule has 196 valence electrons. The second-order valence-electron chi connectivity index (χ2n) is 8.08. The number of benzene rings is 3. The Morgan fingerprint density at radius 1 is 1.03 bits per heavy atom. The summed E-state index contributed by atoms with van der Waals surface area (Å²) in [5, 5.41) is 1.47. The van der Waals surface area contributed by atoms with Crippen molar-refractivity contribution < 1.29 is 23.8 Å². The number of methoxy groups -OCH3 is 1. The molecule has 4 rings (SSSR count). The molecule has 10 heteroatoms. The molecule has 3 aromatic rings. The molecule has 0 N–H and O–H groups in total. The van der Waals surface area contributed by atoms with Gasteiger partial charge in [-0.3, -0.25) is 9.69 Å². The van der Waals surface area contributed by atoms with Gasteiger partial charge < -0.3 is 14.2 Å². The molecule has 0 aliphatic carbocycles. The second kappa shape index (κ2) is 12.4. The molecule has 1 aliphatic rings. The van der Waals surface area contributed by atoms with Crippen LogP contribution in [0, 0.1) is 0 Å². The summed E-state index contributed by atoms with van der Waals surface area (Å²) in [5.74, 6) is 0.520. The number of thioether (sulfide) groups is 1. The van der Waals surface area contributed by atoms with Crippen LogP contribution in [0.1, 0.15) is 28.4 Å². The summed E-state index contributed by atoms with van der Waals surface area (Å²) in [4.78, 5) is 31.3. The predicted octanol–water partition coefficient (Wildman–Crippen LogP) is 6.99. The number of carbonyl (C=O) groups is 2. The van der Waals surface area contributed by atoms with Crippen LogP contribution in [0.2, 0.25) is 10.0 Å². The van der Waals surface area contributed by atoms with E-state index < -0.39 is 0 Å². The third-order valence-corrected chi connectivity index (χ3v) is 7.27. The van der Waals surface area contributed by atoms with Gasteiger partial charge in [0.05, 0.1) is 39.9 Å². The molecule has 38 heavy (non-hydrogen) atoms. The first-order valence-electron chi connectivity index (χ1n) is 11.6. The first-order chi connectivity index (χ1) is 18.3. The zero-order valence-corrected chi connectivity index (χ0v) is 23.2. The standard InChI is InChI=1S/C28H24Cl2N2O5S/c1-4-36-27(34)19-7-9-20(10-8-19)31-28-32(2)26(33)25(38-28)15-17-6-12-23(24(14-17)35-3)37-16-18-5-11-21(29)22(30)13-18/h5-15H,4,16H2,1-3H3. The molecule has 0 unspecified atom stereocenters. The van der Waals surface area contributed by atoms with Crippen molar-refractivity contribution in [3.63, 3.8) is 0 Å². The van der Waals surface area contributed by atoms with E-state index in [1.165, 1.54) is 16.7 Å². The Morgan fingerprint density at radius 2 is 1.79 bits per heavy atom. The van der Waals surface area contributed by atoms with Gasteiger partial charge in [-0.2, -0.15) is 0 Å². The Balaban J connectivity index is 1.48. The van der Waals surface area contributed by atoms with Crippen molar-refractivity contribution in [1.29, 1.82) is 0 Å². The first-order valence-corrected chi connectivity index (χ1v) is 13.1. The summed E-state index contributed by atoms with van der Waals surface area (Å²) in [6, 6.07) is 17.5. The van der Waals surface area contributed by atoms with Gasteiger partial charge in [0.25, 0.3) is 5.91 Å². The molecule has 7 nitrogen and oxygen atoms in total. The highest BCUT2D eigenvalue weighted by Crippen LogP contribution is 2.35. The fourth-order valence-electron chi connectivity index (χ4n) is 3.48. The minimum absolute atomic E-state index is 0.171. The number of nitrogens with zero attached hydrogens (tertiary/aromatic N) is 2. The van der Waals surface area contributed by atoms with Crippen LogP contribution in [0.4, 0.5) is 5.69 Å². The van der Waals surface area contributed by atoms with Crippen molar-refractivity contribution in [3.8, 4) is 11.5 Å². The summed E-state index contributed by atoms with van der Waals surface area (Å²) in [6.45, 7) is 2.35. The number of esters is 1. The highest BCUT2D eigenvalue weighted by Gasteiger charge is 2.30. The summed E-state index contributed by atoms with van der Waals surface area (Å²) in [5.41, 5.74) is 2.70. The van der Waals surface area contributed by atoms with E-state index in [1.807, 2.05) is 12.1 Å². The van der Waals surface area contributed by atoms with Crippen LogP contribution in [-0.4, -0.2) is 42.7 Å². The Labute approximate surface area is 235 Å². The van der Waals surface area contributed by atoms with Crippen molar-refractivity contribution in [3.05, 3.63) is 92.3 Å². The van der Waals surface area contributed by atoms with Gasteiger partial charge in [0.15, 0.2) is 16.7 Å². The molecule has 1 aliphatic heterocycles.